The number of benzene rings is 1. The number of nitrogen functional groups attached to an aromatic ring is 1. The molecule has 1 aromatic rings. The van der Waals surface area contributed by atoms with Crippen LogP contribution in [0.5, 0.6) is 0 Å². The molecule has 3 nitrogen and oxygen atoms in total. The highest BCUT2D eigenvalue weighted by atomic mass is 79.9. The maximum atomic E-state index is 11.0. The number of carbonyl (C=O) groups excluding carboxylic acids is 1. The molecule has 0 atom stereocenters. The van der Waals surface area contributed by atoms with E-state index in [0.29, 0.717) is 5.69 Å². The minimum absolute atomic E-state index is 0.217. The van der Waals surface area contributed by atoms with Gasteiger partial charge < -0.3 is 10.5 Å². The van der Waals surface area contributed by atoms with Crippen molar-refractivity contribution in [3.8, 4) is 0 Å². The molecule has 2 N–H and O–H groups in total. The molecule has 76 valence electrons. The van der Waals surface area contributed by atoms with E-state index in [4.69, 9.17) is 5.73 Å². The molecule has 0 fully saturated rings. The zero-order valence-corrected chi connectivity index (χ0v) is 10.7. The van der Waals surface area contributed by atoms with Gasteiger partial charge in [0.05, 0.1) is 13.5 Å². The largest absolute Gasteiger partial charge is 0.469 e. The van der Waals surface area contributed by atoms with Crippen molar-refractivity contribution in [1.82, 2.24) is 0 Å². The average Bonchev–Trinajstić information content (AvgIpc) is 2.14. The topological polar surface area (TPSA) is 52.3 Å². The third kappa shape index (κ3) is 2.72. The van der Waals surface area contributed by atoms with E-state index in [0.717, 1.165) is 14.5 Å². The zero-order valence-electron chi connectivity index (χ0n) is 7.51. The maximum Gasteiger partial charge on any atom is 0.310 e. The third-order valence-corrected chi connectivity index (χ3v) is 3.15. The summed E-state index contributed by atoms with van der Waals surface area (Å²) in [6, 6.07) is 3.55. The number of nitrogens with two attached hydrogens (primary N) is 1. The summed E-state index contributed by atoms with van der Waals surface area (Å²) in [6.45, 7) is 0. The van der Waals surface area contributed by atoms with Crippen molar-refractivity contribution >= 4 is 43.5 Å². The van der Waals surface area contributed by atoms with Crippen LogP contribution in [-0.4, -0.2) is 13.1 Å². The molecule has 0 heterocycles. The lowest BCUT2D eigenvalue weighted by molar-refractivity contribution is -0.139. The lowest BCUT2D eigenvalue weighted by Crippen LogP contribution is -2.05. The second-order valence-electron chi connectivity index (χ2n) is 2.72. The Hall–Kier alpha value is -0.550. The normalized spacial score (nSPS) is 9.93. The minimum Gasteiger partial charge on any atom is -0.469 e. The quantitative estimate of drug-likeness (QED) is 0.672. The molecule has 14 heavy (non-hydrogen) atoms. The van der Waals surface area contributed by atoms with Gasteiger partial charge in [-0.15, -0.1) is 0 Å². The van der Waals surface area contributed by atoms with E-state index in [1.807, 2.05) is 6.07 Å². The Morgan fingerprint density at radius 3 is 2.64 bits per heavy atom. The summed E-state index contributed by atoms with van der Waals surface area (Å²) in [5.74, 6) is -0.285. The van der Waals surface area contributed by atoms with Gasteiger partial charge in [-0.3, -0.25) is 4.79 Å². The fourth-order valence-electron chi connectivity index (χ4n) is 0.976. The lowest BCUT2D eigenvalue weighted by Gasteiger charge is -2.06. The highest BCUT2D eigenvalue weighted by Crippen LogP contribution is 2.28. The highest BCUT2D eigenvalue weighted by molar-refractivity contribution is 9.11. The molecule has 0 aliphatic carbocycles. The third-order valence-electron chi connectivity index (χ3n) is 1.73. The number of halogens is 2. The first-order chi connectivity index (χ1) is 6.54. The van der Waals surface area contributed by atoms with Crippen molar-refractivity contribution in [1.29, 1.82) is 0 Å². The second-order valence-corrected chi connectivity index (χ2v) is 4.43. The zero-order chi connectivity index (χ0) is 10.7. The van der Waals surface area contributed by atoms with Crippen molar-refractivity contribution in [3.63, 3.8) is 0 Å². The molecular formula is C9H9Br2NO2. The first kappa shape index (κ1) is 11.5. The molecular weight excluding hydrogens is 314 g/mol. The summed E-state index contributed by atoms with van der Waals surface area (Å²) in [4.78, 5) is 11.0. The standard InChI is InChI=1S/C9H9Br2NO2/c1-14-9(13)3-5-2-8(12)7(11)4-6(5)10/h2,4H,3,12H2,1H3. The second kappa shape index (κ2) is 4.79. The summed E-state index contributed by atoms with van der Waals surface area (Å²) in [5, 5.41) is 0. The van der Waals surface area contributed by atoms with Gasteiger partial charge in [-0.1, -0.05) is 15.9 Å². The Bertz CT molecular complexity index is 366. The van der Waals surface area contributed by atoms with Gasteiger partial charge in [0.1, 0.15) is 0 Å². The number of esters is 1. The van der Waals surface area contributed by atoms with E-state index in [2.05, 4.69) is 36.6 Å². The highest BCUT2D eigenvalue weighted by Gasteiger charge is 2.09. The van der Waals surface area contributed by atoms with Crippen LogP contribution in [0.15, 0.2) is 21.1 Å². The van der Waals surface area contributed by atoms with Crippen LogP contribution in [0.1, 0.15) is 5.56 Å². The lowest BCUT2D eigenvalue weighted by atomic mass is 10.1. The molecule has 0 bridgehead atoms. The van der Waals surface area contributed by atoms with Crippen LogP contribution >= 0.6 is 31.9 Å². The Morgan fingerprint density at radius 1 is 1.43 bits per heavy atom. The van der Waals surface area contributed by atoms with Crippen LogP contribution in [0, 0.1) is 0 Å². The Morgan fingerprint density at radius 2 is 2.07 bits per heavy atom. The van der Waals surface area contributed by atoms with Gasteiger partial charge in [0.2, 0.25) is 0 Å². The predicted octanol–water partition coefficient (Wildman–Crippen LogP) is 2.51. The molecule has 0 unspecified atom stereocenters. The SMILES string of the molecule is COC(=O)Cc1cc(N)c(Br)cc1Br. The molecule has 0 aliphatic heterocycles. The van der Waals surface area contributed by atoms with Gasteiger partial charge in [0, 0.05) is 14.6 Å². The van der Waals surface area contributed by atoms with Gasteiger partial charge in [0.25, 0.3) is 0 Å². The first-order valence-corrected chi connectivity index (χ1v) is 5.43. The molecule has 0 aromatic heterocycles. The van der Waals surface area contributed by atoms with Crippen molar-refractivity contribution < 1.29 is 9.53 Å². The van der Waals surface area contributed by atoms with Crippen LogP contribution in [0.25, 0.3) is 0 Å². The van der Waals surface area contributed by atoms with Crippen molar-refractivity contribution in [2.75, 3.05) is 12.8 Å². The Balaban J connectivity index is 2.98. The van der Waals surface area contributed by atoms with Gasteiger partial charge in [0.15, 0.2) is 0 Å². The van der Waals surface area contributed by atoms with Crippen LogP contribution in [0.2, 0.25) is 0 Å². The number of methoxy groups -OCH3 is 1. The minimum atomic E-state index is -0.285. The summed E-state index contributed by atoms with van der Waals surface area (Å²) >= 11 is 6.64. The van der Waals surface area contributed by atoms with Crippen molar-refractivity contribution in [2.24, 2.45) is 0 Å². The van der Waals surface area contributed by atoms with Crippen molar-refractivity contribution in [3.05, 3.63) is 26.6 Å². The van der Waals surface area contributed by atoms with Gasteiger partial charge in [-0.25, -0.2) is 0 Å². The fourth-order valence-corrected chi connectivity index (χ4v) is 2.11. The van der Waals surface area contributed by atoms with E-state index in [1.54, 1.807) is 6.07 Å². The summed E-state index contributed by atoms with van der Waals surface area (Å²) < 4.78 is 6.21. The molecule has 1 aromatic carbocycles. The molecule has 0 amide bonds. The summed E-state index contributed by atoms with van der Waals surface area (Å²) in [7, 11) is 1.36. The van der Waals surface area contributed by atoms with Crippen LogP contribution < -0.4 is 5.73 Å². The van der Waals surface area contributed by atoms with Gasteiger partial charge in [-0.2, -0.15) is 0 Å². The smallest absolute Gasteiger partial charge is 0.310 e. The number of anilines is 1. The van der Waals surface area contributed by atoms with Crippen LogP contribution in [0.3, 0.4) is 0 Å². The Labute approximate surface area is 98.9 Å². The number of hydrogen-bond donors (Lipinski definition) is 1. The molecule has 0 saturated heterocycles. The van der Waals surface area contributed by atoms with E-state index in [1.165, 1.54) is 7.11 Å². The predicted molar refractivity (Wildman–Crippen MR) is 62.0 cm³/mol. The molecule has 0 spiro atoms. The maximum absolute atomic E-state index is 11.0. The number of rotatable bonds is 2. The molecule has 0 aliphatic rings. The fraction of sp³-hybridized carbons (Fsp3) is 0.222. The molecule has 5 heteroatoms. The van der Waals surface area contributed by atoms with Crippen LogP contribution in [0.4, 0.5) is 5.69 Å². The van der Waals surface area contributed by atoms with E-state index in [-0.39, 0.29) is 12.4 Å². The number of ether oxygens (including phenoxy) is 1. The van der Waals surface area contributed by atoms with Gasteiger partial charge in [-0.05, 0) is 33.6 Å². The number of hydrogen-bond acceptors (Lipinski definition) is 3. The first-order valence-electron chi connectivity index (χ1n) is 3.84. The monoisotopic (exact) mass is 321 g/mol. The van der Waals surface area contributed by atoms with Crippen molar-refractivity contribution in [2.45, 2.75) is 6.42 Å². The molecule has 0 saturated carbocycles. The molecule has 1 rings (SSSR count). The summed E-state index contributed by atoms with van der Waals surface area (Å²) in [6.07, 6.45) is 0.217. The van der Waals surface area contributed by atoms with E-state index >= 15 is 0 Å². The average molecular weight is 323 g/mol. The number of carbonyl (C=O) groups is 1. The van der Waals surface area contributed by atoms with E-state index in [9.17, 15) is 4.79 Å². The summed E-state index contributed by atoms with van der Waals surface area (Å²) in [5.41, 5.74) is 7.11. The van der Waals surface area contributed by atoms with Gasteiger partial charge >= 0.3 is 5.97 Å². The van der Waals surface area contributed by atoms with E-state index < -0.39 is 0 Å². The molecule has 0 radical (unpaired) electrons. The van der Waals surface area contributed by atoms with Crippen LogP contribution in [-0.2, 0) is 16.0 Å². The Kier molecular flexibility index (Phi) is 3.95.